The molecule has 0 saturated carbocycles. The number of aryl methyl sites for hydroxylation is 2. The minimum Gasteiger partial charge on any atom is -0.333 e. The minimum absolute atomic E-state index is 0.0504. The predicted octanol–water partition coefficient (Wildman–Crippen LogP) is 3.37. The van der Waals surface area contributed by atoms with Gasteiger partial charge in [0.2, 0.25) is 5.91 Å². The number of aromatic nitrogens is 2. The molecule has 1 aliphatic heterocycles. The molecular formula is C26H27N4O2S2+. The Balaban J connectivity index is 1.50. The van der Waals surface area contributed by atoms with Gasteiger partial charge in [0.05, 0.1) is 35.3 Å². The van der Waals surface area contributed by atoms with Gasteiger partial charge < -0.3 is 10.2 Å². The topological polar surface area (TPSA) is 68.4 Å². The third-order valence-corrected chi connectivity index (χ3v) is 8.21. The van der Waals surface area contributed by atoms with Crippen LogP contribution in [-0.4, -0.2) is 34.8 Å². The van der Waals surface area contributed by atoms with E-state index in [9.17, 15) is 9.59 Å². The average Bonchev–Trinajstić information content (AvgIpc) is 3.17. The average molecular weight is 492 g/mol. The van der Waals surface area contributed by atoms with Crippen LogP contribution in [0.4, 0.5) is 5.69 Å². The SMILES string of the molecule is Cc1ccc(NC(=O)CSc2nc3sc4c(c3c(=O)n2-c2ccccc2)CC[NH+](C)C4)c(C)c1. The molecule has 1 amide bonds. The number of nitrogens with zero attached hydrogens (tertiary/aromatic N) is 2. The summed E-state index contributed by atoms with van der Waals surface area (Å²) in [5.41, 5.74) is 4.84. The van der Waals surface area contributed by atoms with Gasteiger partial charge in [0.1, 0.15) is 11.4 Å². The van der Waals surface area contributed by atoms with Gasteiger partial charge in [0.25, 0.3) is 5.56 Å². The van der Waals surface area contributed by atoms with Crippen molar-refractivity contribution in [1.29, 1.82) is 0 Å². The van der Waals surface area contributed by atoms with Crippen LogP contribution in [0.5, 0.6) is 0 Å². The van der Waals surface area contributed by atoms with Crippen molar-refractivity contribution in [3.63, 3.8) is 0 Å². The lowest BCUT2D eigenvalue weighted by Crippen LogP contribution is -3.08. The van der Waals surface area contributed by atoms with Crippen molar-refractivity contribution in [1.82, 2.24) is 9.55 Å². The molecule has 0 aliphatic carbocycles. The van der Waals surface area contributed by atoms with Crippen LogP contribution in [0.1, 0.15) is 21.6 Å². The van der Waals surface area contributed by atoms with Crippen LogP contribution in [0.15, 0.2) is 58.5 Å². The Labute approximate surface area is 206 Å². The molecule has 6 nitrogen and oxygen atoms in total. The van der Waals surface area contributed by atoms with Crippen LogP contribution < -0.4 is 15.8 Å². The van der Waals surface area contributed by atoms with Gasteiger partial charge in [-0.25, -0.2) is 4.98 Å². The number of rotatable bonds is 5. The summed E-state index contributed by atoms with van der Waals surface area (Å²) in [5, 5.41) is 4.27. The molecule has 1 atom stereocenters. The van der Waals surface area contributed by atoms with E-state index in [0.717, 1.165) is 57.8 Å². The molecule has 3 heterocycles. The summed E-state index contributed by atoms with van der Waals surface area (Å²) in [7, 11) is 2.18. The number of fused-ring (bicyclic) bond motifs is 3. The van der Waals surface area contributed by atoms with Gasteiger partial charge in [-0.15, -0.1) is 11.3 Å². The van der Waals surface area contributed by atoms with Crippen molar-refractivity contribution in [2.45, 2.75) is 32.0 Å². The number of benzene rings is 2. The van der Waals surface area contributed by atoms with E-state index in [1.807, 2.05) is 62.4 Å². The highest BCUT2D eigenvalue weighted by Gasteiger charge is 2.26. The molecule has 34 heavy (non-hydrogen) atoms. The first-order valence-electron chi connectivity index (χ1n) is 11.3. The van der Waals surface area contributed by atoms with Gasteiger partial charge in [-0.05, 0) is 43.2 Å². The second-order valence-electron chi connectivity index (χ2n) is 8.84. The maximum Gasteiger partial charge on any atom is 0.267 e. The van der Waals surface area contributed by atoms with Crippen molar-refractivity contribution in [3.8, 4) is 5.69 Å². The molecule has 2 aromatic carbocycles. The molecule has 0 fully saturated rings. The van der Waals surface area contributed by atoms with E-state index in [1.165, 1.54) is 21.5 Å². The molecule has 0 bridgehead atoms. The maximum absolute atomic E-state index is 13.8. The lowest BCUT2D eigenvalue weighted by atomic mass is 10.1. The molecule has 0 radical (unpaired) electrons. The fraction of sp³-hybridized carbons (Fsp3) is 0.269. The summed E-state index contributed by atoms with van der Waals surface area (Å²) < 4.78 is 1.66. The molecule has 2 N–H and O–H groups in total. The van der Waals surface area contributed by atoms with Gasteiger partial charge in [-0.2, -0.15) is 0 Å². The lowest BCUT2D eigenvalue weighted by molar-refractivity contribution is -0.895. The fourth-order valence-corrected chi connectivity index (χ4v) is 6.60. The number of hydrogen-bond donors (Lipinski definition) is 2. The fourth-order valence-electron chi connectivity index (χ4n) is 4.41. The van der Waals surface area contributed by atoms with Crippen LogP contribution in [0, 0.1) is 13.8 Å². The van der Waals surface area contributed by atoms with Gasteiger partial charge >= 0.3 is 0 Å². The Kier molecular flexibility index (Phi) is 6.29. The summed E-state index contributed by atoms with van der Waals surface area (Å²) in [4.78, 5) is 34.9. The van der Waals surface area contributed by atoms with Crippen molar-refractivity contribution in [2.24, 2.45) is 0 Å². The second-order valence-corrected chi connectivity index (χ2v) is 10.9. The van der Waals surface area contributed by atoms with E-state index in [2.05, 4.69) is 12.4 Å². The number of thiophene rings is 1. The monoisotopic (exact) mass is 491 g/mol. The number of thioether (sulfide) groups is 1. The zero-order valence-electron chi connectivity index (χ0n) is 19.5. The molecule has 1 unspecified atom stereocenters. The van der Waals surface area contributed by atoms with Crippen LogP contribution >= 0.6 is 23.1 Å². The highest BCUT2D eigenvalue weighted by molar-refractivity contribution is 7.99. The molecule has 1 aliphatic rings. The zero-order valence-corrected chi connectivity index (χ0v) is 21.1. The quantitative estimate of drug-likeness (QED) is 0.332. The summed E-state index contributed by atoms with van der Waals surface area (Å²) >= 11 is 2.91. The number of hydrogen-bond acceptors (Lipinski definition) is 5. The van der Waals surface area contributed by atoms with E-state index in [-0.39, 0.29) is 17.2 Å². The van der Waals surface area contributed by atoms with Crippen LogP contribution in [0.3, 0.4) is 0 Å². The lowest BCUT2D eigenvalue weighted by Gasteiger charge is -2.19. The zero-order chi connectivity index (χ0) is 23.8. The number of carbonyl (C=O) groups is 1. The van der Waals surface area contributed by atoms with Crippen molar-refractivity contribution < 1.29 is 9.69 Å². The Bertz CT molecular complexity index is 1440. The van der Waals surface area contributed by atoms with Crippen LogP contribution in [0.25, 0.3) is 15.9 Å². The highest BCUT2D eigenvalue weighted by atomic mass is 32.2. The van der Waals surface area contributed by atoms with Crippen molar-refractivity contribution in [3.05, 3.63) is 80.5 Å². The standard InChI is InChI=1S/C26H26N4O2S2/c1-16-9-10-20(17(2)13-16)27-22(31)15-33-26-28-24-23(19-11-12-29(3)14-21(19)34-24)25(32)30(26)18-7-5-4-6-8-18/h4-10,13H,11-12,14-15H2,1-3H3,(H,27,31)/p+1. The van der Waals surface area contributed by atoms with E-state index in [0.29, 0.717) is 5.16 Å². The van der Waals surface area contributed by atoms with E-state index in [1.54, 1.807) is 15.9 Å². The predicted molar refractivity (Wildman–Crippen MR) is 140 cm³/mol. The smallest absolute Gasteiger partial charge is 0.267 e. The van der Waals surface area contributed by atoms with Crippen molar-refractivity contribution in [2.75, 3.05) is 24.7 Å². The van der Waals surface area contributed by atoms with Gasteiger partial charge in [0, 0.05) is 12.1 Å². The number of quaternary nitrogens is 1. The Morgan fingerprint density at radius 1 is 1.21 bits per heavy atom. The normalized spacial score (nSPS) is 15.3. The number of nitrogens with one attached hydrogen (secondary N) is 2. The first-order valence-corrected chi connectivity index (χ1v) is 13.1. The number of amides is 1. The summed E-state index contributed by atoms with van der Waals surface area (Å²) in [6.07, 6.45) is 0.887. The van der Waals surface area contributed by atoms with E-state index >= 15 is 0 Å². The molecular weight excluding hydrogens is 464 g/mol. The number of likely N-dealkylation sites (N-methyl/N-ethyl adjacent to an activating group) is 1. The Hall–Kier alpha value is -2.94. The van der Waals surface area contributed by atoms with Gasteiger partial charge in [-0.3, -0.25) is 14.2 Å². The molecule has 0 saturated heterocycles. The maximum atomic E-state index is 13.8. The number of anilines is 1. The molecule has 8 heteroatoms. The first kappa shape index (κ1) is 22.8. The van der Waals surface area contributed by atoms with E-state index < -0.39 is 0 Å². The molecule has 2 aromatic heterocycles. The summed E-state index contributed by atoms with van der Waals surface area (Å²) in [6, 6.07) is 15.5. The molecule has 5 rings (SSSR count). The van der Waals surface area contributed by atoms with Gasteiger partial charge in [-0.1, -0.05) is 47.7 Å². The first-order chi connectivity index (χ1) is 16.4. The Morgan fingerprint density at radius 3 is 2.76 bits per heavy atom. The molecule has 4 aromatic rings. The third kappa shape index (κ3) is 4.41. The second kappa shape index (κ2) is 9.37. The van der Waals surface area contributed by atoms with E-state index in [4.69, 9.17) is 4.98 Å². The number of para-hydroxylation sites is 1. The number of carbonyl (C=O) groups excluding carboxylic acids is 1. The van der Waals surface area contributed by atoms with Crippen molar-refractivity contribution >= 4 is 44.9 Å². The third-order valence-electron chi connectivity index (χ3n) is 6.14. The van der Waals surface area contributed by atoms with Crippen LogP contribution in [-0.2, 0) is 17.8 Å². The highest BCUT2D eigenvalue weighted by Crippen LogP contribution is 2.31. The van der Waals surface area contributed by atoms with Crippen LogP contribution in [0.2, 0.25) is 0 Å². The summed E-state index contributed by atoms with van der Waals surface area (Å²) in [6.45, 7) is 5.94. The molecule has 0 spiro atoms. The largest absolute Gasteiger partial charge is 0.333 e. The Morgan fingerprint density at radius 2 is 2.00 bits per heavy atom. The van der Waals surface area contributed by atoms with Gasteiger partial charge in [0.15, 0.2) is 5.16 Å². The molecule has 174 valence electrons. The summed E-state index contributed by atoms with van der Waals surface area (Å²) in [5.74, 6) is 0.0393. The minimum atomic E-state index is -0.124.